The number of halogens is 1. The van der Waals surface area contributed by atoms with E-state index in [4.69, 9.17) is 11.6 Å². The van der Waals surface area contributed by atoms with Crippen molar-refractivity contribution in [2.75, 3.05) is 0 Å². The molecular formula is C21H26ClN3O. The van der Waals surface area contributed by atoms with Crippen LogP contribution < -0.4 is 0 Å². The van der Waals surface area contributed by atoms with E-state index < -0.39 is 0 Å². The summed E-state index contributed by atoms with van der Waals surface area (Å²) in [5, 5.41) is 19.7. The number of benzene rings is 2. The van der Waals surface area contributed by atoms with Crippen molar-refractivity contribution in [3.05, 3.63) is 46.5 Å². The van der Waals surface area contributed by atoms with Gasteiger partial charge >= 0.3 is 0 Å². The van der Waals surface area contributed by atoms with E-state index in [1.165, 1.54) is 36.9 Å². The molecule has 3 aromatic rings. The first-order chi connectivity index (χ1) is 12.6. The summed E-state index contributed by atoms with van der Waals surface area (Å²) in [6.45, 7) is 4.25. The Labute approximate surface area is 159 Å². The molecule has 1 aromatic heterocycles. The molecule has 26 heavy (non-hydrogen) atoms. The van der Waals surface area contributed by atoms with Crippen molar-refractivity contribution in [2.24, 2.45) is 0 Å². The maximum absolute atomic E-state index is 10.4. The molecule has 0 spiro atoms. The molecule has 3 rings (SSSR count). The van der Waals surface area contributed by atoms with Crippen LogP contribution in [-0.4, -0.2) is 20.1 Å². The second-order valence-corrected chi connectivity index (χ2v) is 7.35. The minimum Gasteiger partial charge on any atom is -0.504 e. The number of aryl methyl sites for hydroxylation is 2. The van der Waals surface area contributed by atoms with E-state index in [2.05, 4.69) is 17.1 Å². The zero-order valence-corrected chi connectivity index (χ0v) is 16.3. The number of phenols is 1. The first kappa shape index (κ1) is 18.7. The minimum atomic E-state index is 0.0235. The molecule has 0 aliphatic carbocycles. The van der Waals surface area contributed by atoms with Gasteiger partial charge < -0.3 is 5.11 Å². The highest BCUT2D eigenvalue weighted by atomic mass is 35.5. The lowest BCUT2D eigenvalue weighted by Crippen LogP contribution is -2.01. The van der Waals surface area contributed by atoms with Crippen LogP contribution in [0, 0.1) is 6.92 Å². The minimum absolute atomic E-state index is 0.0235. The molecule has 0 atom stereocenters. The van der Waals surface area contributed by atoms with E-state index in [1.807, 2.05) is 37.3 Å². The van der Waals surface area contributed by atoms with Gasteiger partial charge in [-0.05, 0) is 55.2 Å². The lowest BCUT2D eigenvalue weighted by atomic mass is 10.0. The van der Waals surface area contributed by atoms with Crippen molar-refractivity contribution in [1.29, 1.82) is 0 Å². The molecule has 0 saturated heterocycles. The van der Waals surface area contributed by atoms with Gasteiger partial charge in [0, 0.05) is 0 Å². The zero-order chi connectivity index (χ0) is 18.5. The highest BCUT2D eigenvalue weighted by Crippen LogP contribution is 2.32. The summed E-state index contributed by atoms with van der Waals surface area (Å²) in [5.41, 5.74) is 4.38. The van der Waals surface area contributed by atoms with Crippen LogP contribution in [0.25, 0.3) is 16.7 Å². The fourth-order valence-electron chi connectivity index (χ4n) is 3.18. The Morgan fingerprint density at radius 3 is 2.50 bits per heavy atom. The van der Waals surface area contributed by atoms with E-state index in [0.29, 0.717) is 10.7 Å². The van der Waals surface area contributed by atoms with Crippen molar-refractivity contribution in [3.63, 3.8) is 0 Å². The molecule has 0 radical (unpaired) electrons. The molecule has 5 heteroatoms. The SMILES string of the molecule is CCCCCCCCc1cc(Cl)c(O)c(-n2nc3ccc(C)cc3n2)c1. The quantitative estimate of drug-likeness (QED) is 0.494. The van der Waals surface area contributed by atoms with Gasteiger partial charge in [0.2, 0.25) is 0 Å². The smallest absolute Gasteiger partial charge is 0.161 e. The summed E-state index contributed by atoms with van der Waals surface area (Å²) in [7, 11) is 0. The number of hydrogen-bond donors (Lipinski definition) is 1. The molecule has 0 bridgehead atoms. The van der Waals surface area contributed by atoms with Crippen LogP contribution in [0.15, 0.2) is 30.3 Å². The molecule has 0 fully saturated rings. The fraction of sp³-hybridized carbons (Fsp3) is 0.429. The van der Waals surface area contributed by atoms with Gasteiger partial charge in [0.05, 0.1) is 5.02 Å². The van der Waals surface area contributed by atoms with Crippen LogP contribution in [0.5, 0.6) is 5.75 Å². The van der Waals surface area contributed by atoms with Crippen LogP contribution in [0.2, 0.25) is 5.02 Å². The highest BCUT2D eigenvalue weighted by molar-refractivity contribution is 6.32. The van der Waals surface area contributed by atoms with Crippen molar-refractivity contribution >= 4 is 22.6 Å². The Morgan fingerprint density at radius 1 is 0.962 bits per heavy atom. The average molecular weight is 372 g/mol. The Morgan fingerprint density at radius 2 is 1.69 bits per heavy atom. The van der Waals surface area contributed by atoms with Crippen molar-refractivity contribution < 1.29 is 5.11 Å². The lowest BCUT2D eigenvalue weighted by molar-refractivity contribution is 0.467. The van der Waals surface area contributed by atoms with E-state index in [-0.39, 0.29) is 5.75 Å². The van der Waals surface area contributed by atoms with E-state index in [0.717, 1.165) is 35.0 Å². The third-order valence-electron chi connectivity index (χ3n) is 4.67. The Bertz CT molecular complexity index is 888. The number of nitrogens with zero attached hydrogens (tertiary/aromatic N) is 3. The molecule has 0 aliphatic rings. The Hall–Kier alpha value is -2.07. The van der Waals surface area contributed by atoms with Crippen molar-refractivity contribution in [3.8, 4) is 11.4 Å². The molecule has 138 valence electrons. The molecule has 1 heterocycles. The van der Waals surface area contributed by atoms with Crippen LogP contribution >= 0.6 is 11.6 Å². The topological polar surface area (TPSA) is 50.9 Å². The molecule has 0 aliphatic heterocycles. The van der Waals surface area contributed by atoms with Gasteiger partial charge in [0.15, 0.2) is 5.75 Å². The van der Waals surface area contributed by atoms with Gasteiger partial charge in [-0.1, -0.05) is 56.7 Å². The molecule has 0 amide bonds. The second kappa shape index (κ2) is 8.54. The Balaban J connectivity index is 1.78. The second-order valence-electron chi connectivity index (χ2n) is 6.94. The summed E-state index contributed by atoms with van der Waals surface area (Å²) in [4.78, 5) is 1.48. The number of phenolic OH excluding ortho intramolecular Hbond substituents is 1. The normalized spacial score (nSPS) is 11.3. The largest absolute Gasteiger partial charge is 0.504 e. The monoisotopic (exact) mass is 371 g/mol. The molecule has 2 aromatic carbocycles. The number of aromatic hydroxyl groups is 1. The van der Waals surface area contributed by atoms with Crippen LogP contribution in [0.1, 0.15) is 56.6 Å². The number of rotatable bonds is 8. The lowest BCUT2D eigenvalue weighted by Gasteiger charge is -2.09. The molecule has 0 saturated carbocycles. The molecular weight excluding hydrogens is 346 g/mol. The highest BCUT2D eigenvalue weighted by Gasteiger charge is 2.13. The van der Waals surface area contributed by atoms with Gasteiger partial charge in [0.25, 0.3) is 0 Å². The Kier molecular flexibility index (Phi) is 6.15. The summed E-state index contributed by atoms with van der Waals surface area (Å²) in [5.74, 6) is 0.0235. The van der Waals surface area contributed by atoms with Gasteiger partial charge in [-0.3, -0.25) is 0 Å². The third kappa shape index (κ3) is 4.36. The average Bonchev–Trinajstić information content (AvgIpc) is 3.03. The summed E-state index contributed by atoms with van der Waals surface area (Å²) < 4.78 is 0. The van der Waals surface area contributed by atoms with Crippen LogP contribution in [-0.2, 0) is 6.42 Å². The van der Waals surface area contributed by atoms with E-state index >= 15 is 0 Å². The van der Waals surface area contributed by atoms with E-state index in [1.54, 1.807) is 0 Å². The van der Waals surface area contributed by atoms with Crippen molar-refractivity contribution in [2.45, 2.75) is 58.8 Å². The number of hydrogen-bond acceptors (Lipinski definition) is 3. The van der Waals surface area contributed by atoms with Gasteiger partial charge in [-0.2, -0.15) is 0 Å². The van der Waals surface area contributed by atoms with Gasteiger partial charge in [-0.25, -0.2) is 0 Å². The number of aromatic nitrogens is 3. The predicted octanol–water partition coefficient (Wildman–Crippen LogP) is 5.99. The fourth-order valence-corrected chi connectivity index (χ4v) is 3.41. The summed E-state index contributed by atoms with van der Waals surface area (Å²) in [6, 6.07) is 9.71. The summed E-state index contributed by atoms with van der Waals surface area (Å²) >= 11 is 6.26. The molecule has 1 N–H and O–H groups in total. The van der Waals surface area contributed by atoms with Gasteiger partial charge in [-0.15, -0.1) is 15.0 Å². The number of fused-ring (bicyclic) bond motifs is 1. The third-order valence-corrected chi connectivity index (χ3v) is 4.96. The first-order valence-corrected chi connectivity index (χ1v) is 9.81. The summed E-state index contributed by atoms with van der Waals surface area (Å²) in [6.07, 6.45) is 8.45. The van der Waals surface area contributed by atoms with E-state index in [9.17, 15) is 5.11 Å². The standard InChI is InChI=1S/C21H26ClN3O/c1-3-4-5-6-7-8-9-16-13-17(22)21(26)20(14-16)25-23-18-11-10-15(2)12-19(18)24-25/h10-14,26H,3-9H2,1-2H3. The molecule has 4 nitrogen and oxygen atoms in total. The maximum atomic E-state index is 10.4. The van der Waals surface area contributed by atoms with Crippen LogP contribution in [0.4, 0.5) is 0 Å². The zero-order valence-electron chi connectivity index (χ0n) is 15.5. The number of unbranched alkanes of at least 4 members (excludes halogenated alkanes) is 5. The molecule has 0 unspecified atom stereocenters. The van der Waals surface area contributed by atoms with Gasteiger partial charge in [0.1, 0.15) is 16.7 Å². The van der Waals surface area contributed by atoms with Crippen molar-refractivity contribution in [1.82, 2.24) is 15.0 Å². The maximum Gasteiger partial charge on any atom is 0.161 e. The predicted molar refractivity (Wildman–Crippen MR) is 107 cm³/mol. The first-order valence-electron chi connectivity index (χ1n) is 9.44. The van der Waals surface area contributed by atoms with Crippen LogP contribution in [0.3, 0.4) is 0 Å².